The molecule has 2 N–H and O–H groups in total. The Morgan fingerprint density at radius 1 is 1.47 bits per heavy atom. The lowest BCUT2D eigenvalue weighted by Gasteiger charge is -2.23. The zero-order valence-electron chi connectivity index (χ0n) is 11.0. The van der Waals surface area contributed by atoms with Crippen molar-refractivity contribution in [3.05, 3.63) is 0 Å². The lowest BCUT2D eigenvalue weighted by molar-refractivity contribution is -0.140. The SMILES string of the molecule is CC(CSCC(=O)NC1(C)CCS(=O)(=O)C1)C(=O)O. The van der Waals surface area contributed by atoms with E-state index in [0.29, 0.717) is 12.2 Å². The molecule has 1 saturated heterocycles. The molecule has 1 amide bonds. The molecule has 0 aliphatic carbocycles. The van der Waals surface area contributed by atoms with Crippen molar-refractivity contribution in [1.82, 2.24) is 5.32 Å². The molecule has 0 radical (unpaired) electrons. The van der Waals surface area contributed by atoms with Gasteiger partial charge in [-0.25, -0.2) is 8.42 Å². The third kappa shape index (κ3) is 5.40. The highest BCUT2D eigenvalue weighted by Gasteiger charge is 2.39. The van der Waals surface area contributed by atoms with Crippen LogP contribution in [0, 0.1) is 5.92 Å². The van der Waals surface area contributed by atoms with Crippen LogP contribution in [0.25, 0.3) is 0 Å². The first-order valence-electron chi connectivity index (χ1n) is 5.95. The van der Waals surface area contributed by atoms with Gasteiger partial charge in [-0.2, -0.15) is 11.8 Å². The highest BCUT2D eigenvalue weighted by Crippen LogP contribution is 2.23. The van der Waals surface area contributed by atoms with Gasteiger partial charge in [-0.1, -0.05) is 6.92 Å². The number of nitrogens with one attached hydrogen (secondary N) is 1. The summed E-state index contributed by atoms with van der Waals surface area (Å²) in [5.74, 6) is -1.05. The van der Waals surface area contributed by atoms with Crippen LogP contribution in [0.15, 0.2) is 0 Å². The fraction of sp³-hybridized carbons (Fsp3) is 0.818. The van der Waals surface area contributed by atoms with Crippen molar-refractivity contribution in [2.75, 3.05) is 23.0 Å². The molecule has 110 valence electrons. The molecule has 1 fully saturated rings. The molecule has 8 heteroatoms. The second-order valence-corrected chi connectivity index (χ2v) is 8.42. The van der Waals surface area contributed by atoms with Gasteiger partial charge in [0, 0.05) is 5.75 Å². The van der Waals surface area contributed by atoms with Crippen molar-refractivity contribution in [1.29, 1.82) is 0 Å². The number of carboxylic acids is 1. The second kappa shape index (κ2) is 6.13. The molecule has 0 aromatic carbocycles. The highest BCUT2D eigenvalue weighted by molar-refractivity contribution is 7.99. The third-order valence-electron chi connectivity index (χ3n) is 2.97. The summed E-state index contributed by atoms with van der Waals surface area (Å²) < 4.78 is 22.8. The van der Waals surface area contributed by atoms with Crippen LogP contribution >= 0.6 is 11.8 Å². The van der Waals surface area contributed by atoms with Crippen molar-refractivity contribution >= 4 is 33.5 Å². The molecule has 0 saturated carbocycles. The summed E-state index contributed by atoms with van der Waals surface area (Å²) in [6.07, 6.45) is 0.428. The molecule has 2 atom stereocenters. The number of carbonyl (C=O) groups excluding carboxylic acids is 1. The zero-order chi connectivity index (χ0) is 14.7. The van der Waals surface area contributed by atoms with Crippen molar-refractivity contribution in [3.63, 3.8) is 0 Å². The van der Waals surface area contributed by atoms with Gasteiger partial charge in [-0.15, -0.1) is 0 Å². The summed E-state index contributed by atoms with van der Waals surface area (Å²) in [6.45, 7) is 3.30. The Bertz CT molecular complexity index is 462. The average Bonchev–Trinajstić information content (AvgIpc) is 2.52. The van der Waals surface area contributed by atoms with E-state index >= 15 is 0 Å². The molecule has 1 aliphatic rings. The van der Waals surface area contributed by atoms with Gasteiger partial charge in [-0.3, -0.25) is 9.59 Å². The first-order chi connectivity index (χ1) is 8.64. The molecule has 0 bridgehead atoms. The first kappa shape index (κ1) is 16.3. The molecule has 1 aliphatic heterocycles. The maximum atomic E-state index is 11.7. The Morgan fingerprint density at radius 2 is 2.11 bits per heavy atom. The van der Waals surface area contributed by atoms with Crippen LogP contribution in [0.2, 0.25) is 0 Å². The van der Waals surface area contributed by atoms with Crippen molar-refractivity contribution in [2.45, 2.75) is 25.8 Å². The summed E-state index contributed by atoms with van der Waals surface area (Å²) in [5.41, 5.74) is -0.686. The topological polar surface area (TPSA) is 101 Å². The molecule has 6 nitrogen and oxygen atoms in total. The Hall–Kier alpha value is -0.760. The molecule has 19 heavy (non-hydrogen) atoms. The van der Waals surface area contributed by atoms with E-state index in [1.165, 1.54) is 11.8 Å². The maximum absolute atomic E-state index is 11.7. The van der Waals surface area contributed by atoms with Gasteiger partial charge in [0.05, 0.1) is 28.7 Å². The summed E-state index contributed by atoms with van der Waals surface area (Å²) in [5, 5.41) is 11.4. The molecular weight excluding hydrogens is 290 g/mol. The summed E-state index contributed by atoms with van der Waals surface area (Å²) in [7, 11) is -3.04. The second-order valence-electron chi connectivity index (χ2n) is 5.21. The summed E-state index contributed by atoms with van der Waals surface area (Å²) >= 11 is 1.24. The van der Waals surface area contributed by atoms with Gasteiger partial charge < -0.3 is 10.4 Å². The third-order valence-corrected chi connectivity index (χ3v) is 6.07. The van der Waals surface area contributed by atoms with Crippen LogP contribution in [0.1, 0.15) is 20.3 Å². The van der Waals surface area contributed by atoms with Gasteiger partial charge in [0.25, 0.3) is 0 Å². The number of hydrogen-bond acceptors (Lipinski definition) is 5. The lowest BCUT2D eigenvalue weighted by Crippen LogP contribution is -2.47. The number of carbonyl (C=O) groups is 2. The van der Waals surface area contributed by atoms with Crippen molar-refractivity contribution in [3.8, 4) is 0 Å². The quantitative estimate of drug-likeness (QED) is 0.723. The van der Waals surface area contributed by atoms with E-state index in [0.717, 1.165) is 0 Å². The minimum absolute atomic E-state index is 0.0259. The van der Waals surface area contributed by atoms with Crippen LogP contribution in [-0.4, -0.2) is 54.0 Å². The van der Waals surface area contributed by atoms with E-state index in [4.69, 9.17) is 5.11 Å². The molecule has 0 aromatic heterocycles. The van der Waals surface area contributed by atoms with E-state index in [-0.39, 0.29) is 23.2 Å². The number of hydrogen-bond donors (Lipinski definition) is 2. The van der Waals surface area contributed by atoms with Gasteiger partial charge in [0.15, 0.2) is 9.84 Å². The molecule has 1 rings (SSSR count). The largest absolute Gasteiger partial charge is 0.481 e. The standard InChI is InChI=1S/C11H19NO5S2/c1-8(10(14)15)5-18-6-9(13)12-11(2)3-4-19(16,17)7-11/h8H,3-7H2,1-2H3,(H,12,13)(H,14,15). The Balaban J connectivity index is 2.34. The average molecular weight is 309 g/mol. The van der Waals surface area contributed by atoms with Crippen LogP contribution in [-0.2, 0) is 19.4 Å². The van der Waals surface area contributed by atoms with Crippen molar-refractivity contribution in [2.24, 2.45) is 5.92 Å². The smallest absolute Gasteiger partial charge is 0.307 e. The minimum atomic E-state index is -3.04. The van der Waals surface area contributed by atoms with Crippen molar-refractivity contribution < 1.29 is 23.1 Å². The van der Waals surface area contributed by atoms with Gasteiger partial charge >= 0.3 is 5.97 Å². The fourth-order valence-corrected chi connectivity index (χ4v) is 4.85. The molecular formula is C11H19NO5S2. The Kier molecular flexibility index (Phi) is 5.26. The number of rotatable bonds is 6. The molecule has 2 unspecified atom stereocenters. The number of thioether (sulfide) groups is 1. The molecule has 0 aromatic rings. The van der Waals surface area contributed by atoms with E-state index in [9.17, 15) is 18.0 Å². The fourth-order valence-electron chi connectivity index (χ4n) is 1.88. The van der Waals surface area contributed by atoms with E-state index in [2.05, 4.69) is 5.32 Å². The summed E-state index contributed by atoms with van der Waals surface area (Å²) in [4.78, 5) is 22.3. The highest BCUT2D eigenvalue weighted by atomic mass is 32.2. The van der Waals surface area contributed by atoms with Gasteiger partial charge in [0.1, 0.15) is 0 Å². The minimum Gasteiger partial charge on any atom is -0.481 e. The van der Waals surface area contributed by atoms with E-state index in [1.54, 1.807) is 13.8 Å². The predicted octanol–water partition coefficient (Wildman–Crippen LogP) is 0.134. The van der Waals surface area contributed by atoms with Gasteiger partial charge in [-0.05, 0) is 13.3 Å². The van der Waals surface area contributed by atoms with Crippen LogP contribution in [0.3, 0.4) is 0 Å². The van der Waals surface area contributed by atoms with Crippen LogP contribution < -0.4 is 5.32 Å². The molecule has 0 spiro atoms. The molecule has 1 heterocycles. The number of amides is 1. The van der Waals surface area contributed by atoms with Gasteiger partial charge in [0.2, 0.25) is 5.91 Å². The van der Waals surface area contributed by atoms with E-state index < -0.39 is 27.3 Å². The zero-order valence-corrected chi connectivity index (χ0v) is 12.6. The first-order valence-corrected chi connectivity index (χ1v) is 8.93. The van der Waals surface area contributed by atoms with Crippen LogP contribution in [0.4, 0.5) is 0 Å². The number of carboxylic acid groups (broad SMARTS) is 1. The number of aliphatic carboxylic acids is 1. The predicted molar refractivity (Wildman–Crippen MR) is 73.9 cm³/mol. The Morgan fingerprint density at radius 3 is 2.58 bits per heavy atom. The monoisotopic (exact) mass is 309 g/mol. The lowest BCUT2D eigenvalue weighted by atomic mass is 10.0. The Labute approximate surface area is 117 Å². The normalized spacial score (nSPS) is 26.8. The summed E-state index contributed by atoms with van der Waals surface area (Å²) in [6, 6.07) is 0. The maximum Gasteiger partial charge on any atom is 0.307 e. The van der Waals surface area contributed by atoms with Crippen LogP contribution in [0.5, 0.6) is 0 Å². The van der Waals surface area contributed by atoms with E-state index in [1.807, 2.05) is 0 Å². The number of sulfone groups is 1.